The number of nitrogens with zero attached hydrogens (tertiary/aromatic N) is 3. The van der Waals surface area contributed by atoms with Crippen LogP contribution >= 0.6 is 0 Å². The first kappa shape index (κ1) is 9.91. The summed E-state index contributed by atoms with van der Waals surface area (Å²) in [6.45, 7) is 3.41. The minimum absolute atomic E-state index is 0.0168. The van der Waals surface area contributed by atoms with Gasteiger partial charge in [0.1, 0.15) is 6.20 Å². The molecule has 1 saturated heterocycles. The van der Waals surface area contributed by atoms with Gasteiger partial charge in [-0.3, -0.25) is 0 Å². The monoisotopic (exact) mass is 211 g/mol. The first-order valence-corrected chi connectivity index (χ1v) is 4.92. The molecule has 0 radical (unpaired) electrons. The van der Waals surface area contributed by atoms with Crippen molar-refractivity contribution in [1.29, 1.82) is 0 Å². The Morgan fingerprint density at radius 2 is 2.33 bits per heavy atom. The van der Waals surface area contributed by atoms with Crippen LogP contribution < -0.4 is 10.2 Å². The van der Waals surface area contributed by atoms with Gasteiger partial charge in [-0.05, 0) is 17.9 Å². The van der Waals surface area contributed by atoms with Gasteiger partial charge in [0.2, 0.25) is 0 Å². The van der Waals surface area contributed by atoms with E-state index in [1.54, 1.807) is 0 Å². The van der Waals surface area contributed by atoms with Crippen LogP contribution in [0.2, 0.25) is 0 Å². The molecule has 2 heterocycles. The van der Waals surface area contributed by atoms with Crippen LogP contribution in [0.3, 0.4) is 0 Å². The third-order valence-corrected chi connectivity index (χ3v) is 2.46. The highest BCUT2D eigenvalue weighted by atomic mass is 16.6. The molecule has 0 aromatic carbocycles. The van der Waals surface area contributed by atoms with Crippen LogP contribution in [0.5, 0.6) is 0 Å². The normalized spacial score (nSPS) is 17.5. The Labute approximate surface area is 86.6 Å². The van der Waals surface area contributed by atoms with Crippen LogP contribution in [0.4, 0.5) is 11.5 Å². The Morgan fingerprint density at radius 3 is 3.13 bits per heavy atom. The van der Waals surface area contributed by atoms with E-state index >= 15 is 0 Å². The summed E-state index contributed by atoms with van der Waals surface area (Å²) in [6, 6.07) is 0. The van der Waals surface area contributed by atoms with Gasteiger partial charge in [-0.15, -0.1) is 5.10 Å². The van der Waals surface area contributed by atoms with Crippen molar-refractivity contribution in [3.05, 3.63) is 16.3 Å². The molecule has 82 valence electrons. The molecule has 1 aromatic heterocycles. The number of nitro groups is 1. The highest BCUT2D eigenvalue weighted by Gasteiger charge is 2.21. The van der Waals surface area contributed by atoms with Gasteiger partial charge in [-0.1, -0.05) is 5.10 Å². The fourth-order valence-electron chi connectivity index (χ4n) is 1.73. The third-order valence-electron chi connectivity index (χ3n) is 2.46. The van der Waals surface area contributed by atoms with Crippen molar-refractivity contribution in [3.8, 4) is 0 Å². The summed E-state index contributed by atoms with van der Waals surface area (Å²) in [4.78, 5) is 12.3. The Bertz CT molecular complexity index is 343. The minimum Gasteiger partial charge on any atom is -0.362 e. The maximum Gasteiger partial charge on any atom is 0.366 e. The van der Waals surface area contributed by atoms with Crippen molar-refractivity contribution in [1.82, 2.24) is 15.5 Å². The molecule has 0 atom stereocenters. The maximum atomic E-state index is 10.7. The number of rotatable bonds is 2. The lowest BCUT2D eigenvalue weighted by molar-refractivity contribution is -0.388. The number of aromatic amines is 1. The zero-order valence-electron chi connectivity index (χ0n) is 8.27. The molecule has 1 aliphatic heterocycles. The molecule has 7 heteroatoms. The summed E-state index contributed by atoms with van der Waals surface area (Å²) in [5.41, 5.74) is 0.587. The second kappa shape index (κ2) is 4.26. The van der Waals surface area contributed by atoms with Crippen molar-refractivity contribution < 1.29 is 4.92 Å². The topological polar surface area (TPSA) is 87.1 Å². The molecule has 0 amide bonds. The van der Waals surface area contributed by atoms with Crippen LogP contribution in [0.25, 0.3) is 0 Å². The molecule has 0 saturated carbocycles. The largest absolute Gasteiger partial charge is 0.366 e. The van der Waals surface area contributed by atoms with Gasteiger partial charge in [0, 0.05) is 19.6 Å². The molecule has 0 bridgehead atoms. The fraction of sp³-hybridized carbons (Fsp3) is 0.625. The summed E-state index contributed by atoms with van der Waals surface area (Å²) >= 11 is 0. The highest BCUT2D eigenvalue weighted by Crippen LogP contribution is 2.24. The summed E-state index contributed by atoms with van der Waals surface area (Å²) in [5.74, 6) is -0.0168. The third kappa shape index (κ3) is 2.07. The molecule has 0 unspecified atom stereocenters. The first-order valence-electron chi connectivity index (χ1n) is 4.92. The number of anilines is 1. The quantitative estimate of drug-likeness (QED) is 0.536. The van der Waals surface area contributed by atoms with Crippen LogP contribution in [0.1, 0.15) is 6.42 Å². The molecule has 1 aromatic rings. The van der Waals surface area contributed by atoms with E-state index in [2.05, 4.69) is 15.5 Å². The summed E-state index contributed by atoms with van der Waals surface area (Å²) in [5, 5.41) is 20.1. The minimum atomic E-state index is -0.430. The van der Waals surface area contributed by atoms with E-state index in [1.165, 1.54) is 6.20 Å². The van der Waals surface area contributed by atoms with Gasteiger partial charge in [0.05, 0.1) is 0 Å². The highest BCUT2D eigenvalue weighted by molar-refractivity contribution is 5.57. The van der Waals surface area contributed by atoms with Gasteiger partial charge in [0.25, 0.3) is 0 Å². The summed E-state index contributed by atoms with van der Waals surface area (Å²) < 4.78 is 0. The maximum absolute atomic E-state index is 10.7. The van der Waals surface area contributed by atoms with Gasteiger partial charge in [-0.25, -0.2) is 0 Å². The number of hydrogen-bond donors (Lipinski definition) is 2. The molecule has 1 aliphatic rings. The van der Waals surface area contributed by atoms with Crippen molar-refractivity contribution in [2.24, 2.45) is 0 Å². The Balaban J connectivity index is 2.19. The molecule has 1 fully saturated rings. The predicted octanol–water partition coefficient (Wildman–Crippen LogP) is 0.118. The molecule has 0 aliphatic carbocycles. The van der Waals surface area contributed by atoms with E-state index in [4.69, 9.17) is 0 Å². The fourth-order valence-corrected chi connectivity index (χ4v) is 1.73. The Kier molecular flexibility index (Phi) is 2.82. The second-order valence-electron chi connectivity index (χ2n) is 3.45. The van der Waals surface area contributed by atoms with Gasteiger partial charge in [0.15, 0.2) is 5.69 Å². The number of nitrogens with one attached hydrogen (secondary N) is 2. The van der Waals surface area contributed by atoms with Crippen molar-refractivity contribution >= 4 is 11.5 Å². The van der Waals surface area contributed by atoms with E-state index in [1.807, 2.05) is 4.90 Å². The lowest BCUT2D eigenvalue weighted by atomic mass is 10.3. The lowest BCUT2D eigenvalue weighted by Crippen LogP contribution is -2.28. The number of H-pyrrole nitrogens is 1. The van der Waals surface area contributed by atoms with E-state index in [0.717, 1.165) is 32.6 Å². The van der Waals surface area contributed by atoms with Gasteiger partial charge >= 0.3 is 5.82 Å². The average molecular weight is 211 g/mol. The van der Waals surface area contributed by atoms with E-state index in [-0.39, 0.29) is 5.82 Å². The zero-order chi connectivity index (χ0) is 10.7. The molecule has 15 heavy (non-hydrogen) atoms. The van der Waals surface area contributed by atoms with Crippen molar-refractivity contribution in [2.45, 2.75) is 6.42 Å². The lowest BCUT2D eigenvalue weighted by Gasteiger charge is -2.19. The molecule has 2 N–H and O–H groups in total. The van der Waals surface area contributed by atoms with Crippen LogP contribution in [-0.2, 0) is 0 Å². The summed E-state index contributed by atoms with van der Waals surface area (Å²) in [6.07, 6.45) is 2.51. The molecular formula is C8H13N5O2. The Morgan fingerprint density at radius 1 is 1.47 bits per heavy atom. The van der Waals surface area contributed by atoms with Crippen LogP contribution in [0.15, 0.2) is 6.20 Å². The number of aromatic nitrogens is 2. The van der Waals surface area contributed by atoms with Crippen LogP contribution in [-0.4, -0.2) is 41.3 Å². The molecular weight excluding hydrogens is 198 g/mol. The van der Waals surface area contributed by atoms with E-state index in [0.29, 0.717) is 5.69 Å². The molecule has 2 rings (SSSR count). The SMILES string of the molecule is O=[N+]([O-])c1[nH]ncc1N1CCCNCC1. The summed E-state index contributed by atoms with van der Waals surface area (Å²) in [7, 11) is 0. The smallest absolute Gasteiger partial charge is 0.362 e. The van der Waals surface area contributed by atoms with Crippen molar-refractivity contribution in [3.63, 3.8) is 0 Å². The van der Waals surface area contributed by atoms with Crippen LogP contribution in [0, 0.1) is 10.1 Å². The predicted molar refractivity (Wildman–Crippen MR) is 54.9 cm³/mol. The average Bonchev–Trinajstić information content (AvgIpc) is 2.55. The molecule has 0 spiro atoms. The zero-order valence-corrected chi connectivity index (χ0v) is 8.27. The van der Waals surface area contributed by atoms with Gasteiger partial charge < -0.3 is 20.3 Å². The van der Waals surface area contributed by atoms with Crippen molar-refractivity contribution in [2.75, 3.05) is 31.1 Å². The van der Waals surface area contributed by atoms with Gasteiger partial charge in [-0.2, -0.15) is 0 Å². The number of hydrogen-bond acceptors (Lipinski definition) is 5. The first-order chi connectivity index (χ1) is 7.29. The standard InChI is InChI=1S/C8H13N5O2/c14-13(15)8-7(6-10-11-8)12-4-1-2-9-3-5-12/h6,9H,1-5H2,(H,10,11). The van der Waals surface area contributed by atoms with E-state index < -0.39 is 4.92 Å². The van der Waals surface area contributed by atoms with E-state index in [9.17, 15) is 10.1 Å². The second-order valence-corrected chi connectivity index (χ2v) is 3.45. The Hall–Kier alpha value is -1.63. The molecule has 7 nitrogen and oxygen atoms in total.